The molecule has 0 spiro atoms. The SMILES string of the molecule is C=C(C)CNC(=S)C(C)(C)CCO. The molecule has 0 aromatic heterocycles. The van der Waals surface area contributed by atoms with Gasteiger partial charge in [0.25, 0.3) is 0 Å². The van der Waals surface area contributed by atoms with Gasteiger partial charge in [-0.25, -0.2) is 0 Å². The molecule has 0 radical (unpaired) electrons. The van der Waals surface area contributed by atoms with Crippen molar-refractivity contribution in [3.8, 4) is 0 Å². The number of thiocarbonyl (C=S) groups is 1. The molecule has 0 saturated carbocycles. The Bertz CT molecular complexity index is 199. The smallest absolute Gasteiger partial charge is 0.0813 e. The van der Waals surface area contributed by atoms with Gasteiger partial charge in [-0.15, -0.1) is 0 Å². The predicted molar refractivity (Wildman–Crippen MR) is 60.9 cm³/mol. The Hall–Kier alpha value is -0.410. The summed E-state index contributed by atoms with van der Waals surface area (Å²) in [5.41, 5.74) is 0.932. The molecule has 76 valence electrons. The molecule has 0 atom stereocenters. The van der Waals surface area contributed by atoms with Crippen LogP contribution in [0.4, 0.5) is 0 Å². The number of aliphatic hydroxyl groups excluding tert-OH is 1. The summed E-state index contributed by atoms with van der Waals surface area (Å²) in [5.74, 6) is 0. The first-order valence-corrected chi connectivity index (χ1v) is 4.84. The van der Waals surface area contributed by atoms with E-state index < -0.39 is 0 Å². The summed E-state index contributed by atoms with van der Waals surface area (Å²) in [6.07, 6.45) is 0.690. The van der Waals surface area contributed by atoms with Crippen molar-refractivity contribution in [2.24, 2.45) is 5.41 Å². The van der Waals surface area contributed by atoms with Crippen molar-refractivity contribution in [2.45, 2.75) is 27.2 Å². The Morgan fingerprint density at radius 2 is 2.08 bits per heavy atom. The second-order valence-corrected chi connectivity index (χ2v) is 4.41. The molecule has 2 nitrogen and oxygen atoms in total. The lowest BCUT2D eigenvalue weighted by Gasteiger charge is -2.25. The molecule has 0 aliphatic heterocycles. The van der Waals surface area contributed by atoms with Crippen LogP contribution in [0.5, 0.6) is 0 Å². The van der Waals surface area contributed by atoms with Crippen molar-refractivity contribution < 1.29 is 5.11 Å². The van der Waals surface area contributed by atoms with Gasteiger partial charge in [0.15, 0.2) is 0 Å². The van der Waals surface area contributed by atoms with Crippen LogP contribution in [-0.4, -0.2) is 23.2 Å². The molecule has 2 N–H and O–H groups in total. The minimum absolute atomic E-state index is 0.125. The standard InChI is InChI=1S/C10H19NOS/c1-8(2)7-11-9(13)10(3,4)5-6-12/h12H,1,5-7H2,2-4H3,(H,11,13). The van der Waals surface area contributed by atoms with Crippen LogP contribution in [0.2, 0.25) is 0 Å². The largest absolute Gasteiger partial charge is 0.396 e. The van der Waals surface area contributed by atoms with E-state index >= 15 is 0 Å². The molecule has 0 rings (SSSR count). The number of aliphatic hydroxyl groups is 1. The number of hydrogen-bond acceptors (Lipinski definition) is 2. The molecule has 0 fully saturated rings. The Morgan fingerprint density at radius 1 is 1.54 bits per heavy atom. The highest BCUT2D eigenvalue weighted by Crippen LogP contribution is 2.20. The number of rotatable bonds is 5. The molecule has 0 aromatic rings. The first-order chi connectivity index (χ1) is 5.90. The third-order valence-corrected chi connectivity index (χ3v) is 2.60. The highest BCUT2D eigenvalue weighted by atomic mass is 32.1. The van der Waals surface area contributed by atoms with E-state index in [0.717, 1.165) is 10.6 Å². The average Bonchev–Trinajstić information content (AvgIpc) is 1.99. The Morgan fingerprint density at radius 3 is 2.46 bits per heavy atom. The lowest BCUT2D eigenvalue weighted by Crippen LogP contribution is -2.36. The normalized spacial score (nSPS) is 11.1. The van der Waals surface area contributed by atoms with Crippen molar-refractivity contribution in [2.75, 3.05) is 13.2 Å². The van der Waals surface area contributed by atoms with E-state index in [9.17, 15) is 0 Å². The van der Waals surface area contributed by atoms with Crippen LogP contribution in [0.1, 0.15) is 27.2 Å². The molecular formula is C10H19NOS. The van der Waals surface area contributed by atoms with E-state index in [1.807, 2.05) is 20.8 Å². The highest BCUT2D eigenvalue weighted by Gasteiger charge is 2.22. The quantitative estimate of drug-likeness (QED) is 0.526. The van der Waals surface area contributed by atoms with Gasteiger partial charge >= 0.3 is 0 Å². The molecule has 3 heteroatoms. The fraction of sp³-hybridized carbons (Fsp3) is 0.700. The van der Waals surface area contributed by atoms with Gasteiger partial charge in [-0.3, -0.25) is 0 Å². The van der Waals surface area contributed by atoms with Crippen molar-refractivity contribution in [3.63, 3.8) is 0 Å². The van der Waals surface area contributed by atoms with Crippen LogP contribution in [-0.2, 0) is 0 Å². The third kappa shape index (κ3) is 5.01. The van der Waals surface area contributed by atoms with Crippen molar-refractivity contribution >= 4 is 17.2 Å². The summed E-state index contributed by atoms with van der Waals surface area (Å²) < 4.78 is 0. The van der Waals surface area contributed by atoms with E-state index in [2.05, 4.69) is 11.9 Å². The van der Waals surface area contributed by atoms with Crippen molar-refractivity contribution in [3.05, 3.63) is 12.2 Å². The first kappa shape index (κ1) is 12.6. The monoisotopic (exact) mass is 201 g/mol. The van der Waals surface area contributed by atoms with Crippen LogP contribution in [0, 0.1) is 5.41 Å². The van der Waals surface area contributed by atoms with Crippen molar-refractivity contribution in [1.29, 1.82) is 0 Å². The van der Waals surface area contributed by atoms with Gasteiger partial charge in [-0.2, -0.15) is 0 Å². The van der Waals surface area contributed by atoms with Crippen molar-refractivity contribution in [1.82, 2.24) is 5.32 Å². The zero-order chi connectivity index (χ0) is 10.5. The van der Waals surface area contributed by atoms with Crippen LogP contribution >= 0.6 is 12.2 Å². The summed E-state index contributed by atoms with van der Waals surface area (Å²) in [4.78, 5) is 0.796. The maximum absolute atomic E-state index is 8.82. The molecule has 0 aromatic carbocycles. The van der Waals surface area contributed by atoms with Gasteiger partial charge in [0, 0.05) is 18.6 Å². The summed E-state index contributed by atoms with van der Waals surface area (Å²) in [6.45, 7) is 10.7. The van der Waals surface area contributed by atoms with E-state index in [4.69, 9.17) is 17.3 Å². The summed E-state index contributed by atoms with van der Waals surface area (Å²) in [6, 6.07) is 0. The van der Waals surface area contributed by atoms with Crippen LogP contribution in [0.3, 0.4) is 0 Å². The second-order valence-electron chi connectivity index (χ2n) is 4.00. The van der Waals surface area contributed by atoms with E-state index in [-0.39, 0.29) is 12.0 Å². The maximum Gasteiger partial charge on any atom is 0.0813 e. The minimum atomic E-state index is -0.125. The van der Waals surface area contributed by atoms with Crippen LogP contribution in [0.15, 0.2) is 12.2 Å². The minimum Gasteiger partial charge on any atom is -0.396 e. The van der Waals surface area contributed by atoms with E-state index in [0.29, 0.717) is 13.0 Å². The van der Waals surface area contributed by atoms with Crippen LogP contribution in [0.25, 0.3) is 0 Å². The Labute approximate surface area is 86.0 Å². The number of hydrogen-bond donors (Lipinski definition) is 2. The molecular weight excluding hydrogens is 182 g/mol. The summed E-state index contributed by atoms with van der Waals surface area (Å²) >= 11 is 5.21. The number of nitrogens with one attached hydrogen (secondary N) is 1. The van der Waals surface area contributed by atoms with Gasteiger partial charge in [0.05, 0.1) is 4.99 Å². The van der Waals surface area contributed by atoms with E-state index in [1.54, 1.807) is 0 Å². The van der Waals surface area contributed by atoms with Gasteiger partial charge in [0.1, 0.15) is 0 Å². The van der Waals surface area contributed by atoms with Crippen LogP contribution < -0.4 is 5.32 Å². The summed E-state index contributed by atoms with van der Waals surface area (Å²) in [5, 5.41) is 12.0. The first-order valence-electron chi connectivity index (χ1n) is 4.43. The third-order valence-electron chi connectivity index (χ3n) is 1.90. The lowest BCUT2D eigenvalue weighted by molar-refractivity contribution is 0.249. The zero-order valence-corrected chi connectivity index (χ0v) is 9.50. The predicted octanol–water partition coefficient (Wildman–Crippen LogP) is 1.89. The fourth-order valence-corrected chi connectivity index (χ4v) is 1.04. The molecule has 13 heavy (non-hydrogen) atoms. The molecule has 0 heterocycles. The molecule has 0 saturated heterocycles. The molecule has 0 bridgehead atoms. The Balaban J connectivity index is 4.01. The lowest BCUT2D eigenvalue weighted by atomic mass is 9.89. The molecule has 0 aliphatic carbocycles. The average molecular weight is 201 g/mol. The molecule has 0 unspecified atom stereocenters. The summed E-state index contributed by atoms with van der Waals surface area (Å²) in [7, 11) is 0. The van der Waals surface area contributed by atoms with Gasteiger partial charge in [-0.1, -0.05) is 38.2 Å². The molecule has 0 amide bonds. The highest BCUT2D eigenvalue weighted by molar-refractivity contribution is 7.80. The van der Waals surface area contributed by atoms with Gasteiger partial charge in [-0.05, 0) is 13.3 Å². The van der Waals surface area contributed by atoms with Gasteiger partial charge < -0.3 is 10.4 Å². The molecule has 0 aliphatic rings. The fourth-order valence-electron chi connectivity index (χ4n) is 0.863. The zero-order valence-electron chi connectivity index (χ0n) is 8.68. The van der Waals surface area contributed by atoms with Gasteiger partial charge in [0.2, 0.25) is 0 Å². The topological polar surface area (TPSA) is 32.3 Å². The second kappa shape index (κ2) is 5.35. The Kier molecular flexibility index (Phi) is 5.18. The maximum atomic E-state index is 8.82. The van der Waals surface area contributed by atoms with E-state index in [1.165, 1.54) is 0 Å².